The zero-order valence-corrected chi connectivity index (χ0v) is 17.6. The third kappa shape index (κ3) is 5.17. The summed E-state index contributed by atoms with van der Waals surface area (Å²) in [6, 6.07) is 12.8. The molecule has 0 aliphatic heterocycles. The maximum atomic E-state index is 12.3. The molecule has 2 aromatic carbocycles. The third-order valence-electron chi connectivity index (χ3n) is 4.87. The quantitative estimate of drug-likeness (QED) is 0.582. The second-order valence-electron chi connectivity index (χ2n) is 6.89. The Morgan fingerprint density at radius 3 is 2.55 bits per heavy atom. The monoisotopic (exact) mass is 459 g/mol. The normalized spacial score (nSPS) is 15.2. The van der Waals surface area contributed by atoms with Crippen LogP contribution in [0.25, 0.3) is 6.08 Å². The second kappa shape index (κ2) is 9.13. The van der Waals surface area contributed by atoms with Crippen molar-refractivity contribution in [2.24, 2.45) is 0 Å². The minimum atomic E-state index is -1.15. The number of carbonyl (C=O) groups excluding carboxylic acids is 1. The van der Waals surface area contributed by atoms with Gasteiger partial charge in [0.25, 0.3) is 0 Å². The Hall–Kier alpha value is -2.80. The lowest BCUT2D eigenvalue weighted by Crippen LogP contribution is -2.52. The summed E-state index contributed by atoms with van der Waals surface area (Å²) in [6.45, 7) is 0. The van der Waals surface area contributed by atoms with E-state index >= 15 is 0 Å². The second-order valence-corrected chi connectivity index (χ2v) is 7.80. The van der Waals surface area contributed by atoms with E-state index in [0.717, 1.165) is 22.9 Å². The summed E-state index contributed by atoms with van der Waals surface area (Å²) in [5.41, 5.74) is -0.421. The maximum absolute atomic E-state index is 12.3. The van der Waals surface area contributed by atoms with Crippen molar-refractivity contribution in [3.05, 3.63) is 58.6 Å². The predicted octanol–water partition coefficient (Wildman–Crippen LogP) is 4.78. The summed E-state index contributed by atoms with van der Waals surface area (Å²) in [6.07, 6.45) is 5.46. The molecular formula is C22H22BrNO5. The van der Waals surface area contributed by atoms with Gasteiger partial charge in [0.2, 0.25) is 5.91 Å². The summed E-state index contributed by atoms with van der Waals surface area (Å²) in [4.78, 5) is 23.8. The molecule has 0 saturated heterocycles. The highest BCUT2D eigenvalue weighted by atomic mass is 79.9. The smallest absolute Gasteiger partial charge is 0.329 e. The molecule has 0 atom stereocenters. The van der Waals surface area contributed by atoms with Gasteiger partial charge in [-0.1, -0.05) is 40.9 Å². The highest BCUT2D eigenvalue weighted by Gasteiger charge is 2.42. The van der Waals surface area contributed by atoms with Crippen molar-refractivity contribution in [3.8, 4) is 17.2 Å². The van der Waals surface area contributed by atoms with Crippen LogP contribution in [0.2, 0.25) is 0 Å². The molecule has 1 aliphatic carbocycles. The molecule has 0 heterocycles. The minimum Gasteiger partial charge on any atom is -0.493 e. The fourth-order valence-electron chi connectivity index (χ4n) is 3.35. The average molecular weight is 460 g/mol. The van der Waals surface area contributed by atoms with E-state index < -0.39 is 17.4 Å². The standard InChI is InChI=1S/C22H22BrNO5/c1-28-19-13-15(7-9-18(19)29-17-6-4-5-16(23)14-17)8-10-20(25)24-22(21(26)27)11-2-3-12-22/h4-10,13-14H,2-3,11-12H2,1H3,(H,24,25)(H,26,27). The van der Waals surface area contributed by atoms with Crippen molar-refractivity contribution in [2.45, 2.75) is 31.2 Å². The van der Waals surface area contributed by atoms with E-state index in [1.807, 2.05) is 24.3 Å². The average Bonchev–Trinajstić information content (AvgIpc) is 3.17. The number of carboxylic acid groups (broad SMARTS) is 1. The van der Waals surface area contributed by atoms with Gasteiger partial charge in [0.15, 0.2) is 11.5 Å². The Bertz CT molecular complexity index is 935. The van der Waals surface area contributed by atoms with Crippen molar-refractivity contribution < 1.29 is 24.2 Å². The van der Waals surface area contributed by atoms with Crippen molar-refractivity contribution in [1.29, 1.82) is 0 Å². The number of amides is 1. The number of hydrogen-bond donors (Lipinski definition) is 2. The lowest BCUT2D eigenvalue weighted by atomic mass is 9.98. The summed E-state index contributed by atoms with van der Waals surface area (Å²) in [7, 11) is 1.54. The van der Waals surface area contributed by atoms with Crippen molar-refractivity contribution in [3.63, 3.8) is 0 Å². The molecule has 1 amide bonds. The Balaban J connectivity index is 1.71. The molecule has 152 valence electrons. The molecular weight excluding hydrogens is 438 g/mol. The van der Waals surface area contributed by atoms with E-state index in [2.05, 4.69) is 21.2 Å². The number of carbonyl (C=O) groups is 2. The Morgan fingerprint density at radius 1 is 1.14 bits per heavy atom. The number of nitrogens with one attached hydrogen (secondary N) is 1. The fourth-order valence-corrected chi connectivity index (χ4v) is 3.73. The van der Waals surface area contributed by atoms with Crippen LogP contribution in [0.15, 0.2) is 53.0 Å². The number of methoxy groups -OCH3 is 1. The summed E-state index contributed by atoms with van der Waals surface area (Å²) >= 11 is 3.41. The molecule has 0 spiro atoms. The van der Waals surface area contributed by atoms with Gasteiger partial charge < -0.3 is 19.9 Å². The molecule has 0 bridgehead atoms. The van der Waals surface area contributed by atoms with E-state index in [1.54, 1.807) is 31.4 Å². The van der Waals surface area contributed by atoms with E-state index in [1.165, 1.54) is 6.08 Å². The number of benzene rings is 2. The summed E-state index contributed by atoms with van der Waals surface area (Å²) < 4.78 is 12.2. The molecule has 1 aliphatic rings. The lowest BCUT2D eigenvalue weighted by Gasteiger charge is -2.24. The van der Waals surface area contributed by atoms with Crippen molar-refractivity contribution in [1.82, 2.24) is 5.32 Å². The molecule has 7 heteroatoms. The SMILES string of the molecule is COc1cc(C=CC(=O)NC2(C(=O)O)CCCC2)ccc1Oc1cccc(Br)c1. The van der Waals surface area contributed by atoms with Crippen molar-refractivity contribution >= 4 is 33.9 Å². The number of carboxylic acids is 1. The third-order valence-corrected chi connectivity index (χ3v) is 5.36. The number of hydrogen-bond acceptors (Lipinski definition) is 4. The lowest BCUT2D eigenvalue weighted by molar-refractivity contribution is -0.146. The number of halogens is 1. The number of rotatable bonds is 7. The van der Waals surface area contributed by atoms with Crippen LogP contribution >= 0.6 is 15.9 Å². The molecule has 29 heavy (non-hydrogen) atoms. The van der Waals surface area contributed by atoms with E-state index in [-0.39, 0.29) is 0 Å². The topological polar surface area (TPSA) is 84.9 Å². The highest BCUT2D eigenvalue weighted by Crippen LogP contribution is 2.33. The van der Waals surface area contributed by atoms with Crippen molar-refractivity contribution in [2.75, 3.05) is 7.11 Å². The predicted molar refractivity (Wildman–Crippen MR) is 113 cm³/mol. The molecule has 1 saturated carbocycles. The molecule has 3 rings (SSSR count). The zero-order valence-electron chi connectivity index (χ0n) is 16.0. The maximum Gasteiger partial charge on any atom is 0.329 e. The summed E-state index contributed by atoms with van der Waals surface area (Å²) in [5, 5.41) is 12.1. The van der Waals surface area contributed by atoms with Gasteiger partial charge in [0.05, 0.1) is 7.11 Å². The molecule has 6 nitrogen and oxygen atoms in total. The molecule has 1 fully saturated rings. The van der Waals surface area contributed by atoms with Gasteiger partial charge in [-0.2, -0.15) is 0 Å². The Morgan fingerprint density at radius 2 is 1.90 bits per heavy atom. The fraction of sp³-hybridized carbons (Fsp3) is 0.273. The van der Waals surface area contributed by atoms with Gasteiger partial charge in [-0.15, -0.1) is 0 Å². The first-order valence-electron chi connectivity index (χ1n) is 9.27. The van der Waals surface area contributed by atoms with Gasteiger partial charge in [-0.25, -0.2) is 4.79 Å². The summed E-state index contributed by atoms with van der Waals surface area (Å²) in [5.74, 6) is 0.319. The minimum absolute atomic E-state index is 0.428. The van der Waals surface area contributed by atoms with Gasteiger partial charge >= 0.3 is 5.97 Å². The molecule has 0 unspecified atom stereocenters. The van der Waals surface area contributed by atoms with Gasteiger partial charge in [-0.05, 0) is 54.8 Å². The highest BCUT2D eigenvalue weighted by molar-refractivity contribution is 9.10. The van der Waals surface area contributed by atoms with Crippen LogP contribution in [0.4, 0.5) is 0 Å². The van der Waals surface area contributed by atoms with Crippen LogP contribution in [0.1, 0.15) is 31.2 Å². The van der Waals surface area contributed by atoms with Crippen LogP contribution < -0.4 is 14.8 Å². The molecule has 2 N–H and O–H groups in total. The van der Waals surface area contributed by atoms with Crippen LogP contribution in [0, 0.1) is 0 Å². The zero-order chi connectivity index (χ0) is 20.9. The van der Waals surface area contributed by atoms with Crippen LogP contribution in [-0.2, 0) is 9.59 Å². The van der Waals surface area contributed by atoms with Crippen LogP contribution in [0.5, 0.6) is 17.2 Å². The van der Waals surface area contributed by atoms with Crippen LogP contribution in [0.3, 0.4) is 0 Å². The Labute approximate surface area is 177 Å². The van der Waals surface area contributed by atoms with Gasteiger partial charge in [0, 0.05) is 10.5 Å². The first-order valence-corrected chi connectivity index (χ1v) is 10.1. The van der Waals surface area contributed by atoms with E-state index in [0.29, 0.717) is 30.1 Å². The largest absolute Gasteiger partial charge is 0.493 e. The Kier molecular flexibility index (Phi) is 6.59. The number of aliphatic carboxylic acids is 1. The first kappa shape index (κ1) is 20.9. The molecule has 0 aromatic heterocycles. The van der Waals surface area contributed by atoms with Gasteiger partial charge in [0.1, 0.15) is 11.3 Å². The molecule has 0 radical (unpaired) electrons. The molecule has 2 aromatic rings. The van der Waals surface area contributed by atoms with E-state index in [9.17, 15) is 14.7 Å². The van der Waals surface area contributed by atoms with Gasteiger partial charge in [-0.3, -0.25) is 4.79 Å². The first-order chi connectivity index (χ1) is 13.9. The van der Waals surface area contributed by atoms with Crippen LogP contribution in [-0.4, -0.2) is 29.6 Å². The van der Waals surface area contributed by atoms with E-state index in [4.69, 9.17) is 9.47 Å². The number of ether oxygens (including phenoxy) is 2.